The number of nitrogens with zero attached hydrogens (tertiary/aromatic N) is 2. The van der Waals surface area contributed by atoms with Crippen LogP contribution in [0.5, 0.6) is 5.75 Å². The normalized spacial score (nSPS) is 20.4. The van der Waals surface area contributed by atoms with Crippen LogP contribution in [0.2, 0.25) is 0 Å². The molecule has 2 aromatic rings. The first kappa shape index (κ1) is 17.4. The van der Waals surface area contributed by atoms with E-state index in [1.165, 1.54) is 0 Å². The highest BCUT2D eigenvalue weighted by Gasteiger charge is 2.32. The van der Waals surface area contributed by atoms with Crippen molar-refractivity contribution in [3.8, 4) is 17.0 Å². The van der Waals surface area contributed by atoms with Crippen molar-refractivity contribution in [1.29, 1.82) is 0 Å². The topological polar surface area (TPSA) is 62.7 Å². The molecule has 0 bridgehead atoms. The third-order valence-electron chi connectivity index (χ3n) is 4.95. The molecule has 25 heavy (non-hydrogen) atoms. The predicted molar refractivity (Wildman–Crippen MR) is 96.5 cm³/mol. The van der Waals surface area contributed by atoms with E-state index in [4.69, 9.17) is 4.74 Å². The Kier molecular flexibility index (Phi) is 5.34. The maximum atomic E-state index is 13.1. The number of piperidine rings is 1. The lowest BCUT2D eigenvalue weighted by Crippen LogP contribution is -2.49. The highest BCUT2D eigenvalue weighted by atomic mass is 16.5. The Bertz CT molecular complexity index is 733. The van der Waals surface area contributed by atoms with Crippen molar-refractivity contribution in [2.75, 3.05) is 20.3 Å². The molecule has 1 N–H and O–H groups in total. The summed E-state index contributed by atoms with van der Waals surface area (Å²) in [5.41, 5.74) is 2.15. The lowest BCUT2D eigenvalue weighted by Gasteiger charge is -2.39. The number of aromatic nitrogens is 1. The van der Waals surface area contributed by atoms with Crippen LogP contribution in [0, 0.1) is 5.92 Å². The third kappa shape index (κ3) is 3.51. The standard InChI is InChI=1S/C20H24N2O3/c1-14-6-5-11-22(18(14)13-23)20(24)15-8-9-19(25-2)16(12-15)17-7-3-4-10-21-17/h3-4,7-10,12,14,18,23H,5-6,11,13H2,1-2H3. The predicted octanol–water partition coefficient (Wildman–Crippen LogP) is 2.99. The van der Waals surface area contributed by atoms with Crippen LogP contribution in [0.15, 0.2) is 42.6 Å². The average molecular weight is 340 g/mol. The Hall–Kier alpha value is -2.40. The van der Waals surface area contributed by atoms with Gasteiger partial charge in [0.15, 0.2) is 0 Å². The van der Waals surface area contributed by atoms with Gasteiger partial charge < -0.3 is 14.7 Å². The second kappa shape index (κ2) is 7.66. The molecule has 132 valence electrons. The number of amides is 1. The number of aliphatic hydroxyl groups is 1. The molecule has 3 rings (SSSR count). The van der Waals surface area contributed by atoms with Crippen LogP contribution >= 0.6 is 0 Å². The van der Waals surface area contributed by atoms with E-state index in [0.717, 1.165) is 24.1 Å². The maximum absolute atomic E-state index is 13.1. The number of methoxy groups -OCH3 is 1. The number of ether oxygens (including phenoxy) is 1. The molecule has 1 aromatic heterocycles. The molecule has 2 unspecified atom stereocenters. The van der Waals surface area contributed by atoms with E-state index in [1.807, 2.05) is 24.3 Å². The van der Waals surface area contributed by atoms with Gasteiger partial charge in [-0.1, -0.05) is 13.0 Å². The highest BCUT2D eigenvalue weighted by Crippen LogP contribution is 2.31. The van der Waals surface area contributed by atoms with Gasteiger partial charge in [0.05, 0.1) is 25.5 Å². The zero-order valence-electron chi connectivity index (χ0n) is 14.7. The fourth-order valence-electron chi connectivity index (χ4n) is 3.51. The summed E-state index contributed by atoms with van der Waals surface area (Å²) in [4.78, 5) is 19.2. The Labute approximate surface area is 148 Å². The van der Waals surface area contributed by atoms with Gasteiger partial charge in [0.1, 0.15) is 5.75 Å². The second-order valence-corrected chi connectivity index (χ2v) is 6.50. The van der Waals surface area contributed by atoms with Crippen molar-refractivity contribution >= 4 is 5.91 Å². The van der Waals surface area contributed by atoms with Crippen molar-refractivity contribution in [2.24, 2.45) is 5.92 Å². The van der Waals surface area contributed by atoms with Gasteiger partial charge in [-0.2, -0.15) is 0 Å². The quantitative estimate of drug-likeness (QED) is 0.929. The summed E-state index contributed by atoms with van der Waals surface area (Å²) in [5, 5.41) is 9.72. The minimum atomic E-state index is -0.123. The summed E-state index contributed by atoms with van der Waals surface area (Å²) in [5.74, 6) is 0.933. The van der Waals surface area contributed by atoms with Crippen LogP contribution in [-0.4, -0.2) is 47.2 Å². The Morgan fingerprint density at radius 1 is 1.36 bits per heavy atom. The molecule has 0 radical (unpaired) electrons. The molecule has 5 heteroatoms. The van der Waals surface area contributed by atoms with E-state index in [2.05, 4.69) is 11.9 Å². The monoisotopic (exact) mass is 340 g/mol. The number of pyridine rings is 1. The van der Waals surface area contributed by atoms with E-state index in [1.54, 1.807) is 30.3 Å². The first-order valence-corrected chi connectivity index (χ1v) is 8.67. The van der Waals surface area contributed by atoms with Gasteiger partial charge in [-0.3, -0.25) is 9.78 Å². The number of hydrogen-bond donors (Lipinski definition) is 1. The number of rotatable bonds is 4. The minimum Gasteiger partial charge on any atom is -0.496 e. The zero-order chi connectivity index (χ0) is 17.8. The Morgan fingerprint density at radius 2 is 2.20 bits per heavy atom. The molecule has 0 aliphatic carbocycles. The molecule has 1 fully saturated rings. The zero-order valence-corrected chi connectivity index (χ0v) is 14.7. The lowest BCUT2D eigenvalue weighted by molar-refractivity contribution is 0.0358. The molecule has 1 aliphatic heterocycles. The SMILES string of the molecule is COc1ccc(C(=O)N2CCCC(C)C2CO)cc1-c1ccccn1. The van der Waals surface area contributed by atoms with Crippen LogP contribution in [-0.2, 0) is 0 Å². The van der Waals surface area contributed by atoms with E-state index >= 15 is 0 Å². The molecule has 2 atom stereocenters. The number of likely N-dealkylation sites (tertiary alicyclic amines) is 1. The van der Waals surface area contributed by atoms with Crippen molar-refractivity contribution in [3.05, 3.63) is 48.2 Å². The summed E-state index contributed by atoms with van der Waals surface area (Å²) >= 11 is 0. The van der Waals surface area contributed by atoms with Crippen LogP contribution < -0.4 is 4.74 Å². The summed E-state index contributed by atoms with van der Waals surface area (Å²) in [6.45, 7) is 2.77. The van der Waals surface area contributed by atoms with E-state index in [9.17, 15) is 9.90 Å². The molecular formula is C20H24N2O3. The Morgan fingerprint density at radius 3 is 2.88 bits per heavy atom. The molecular weight excluding hydrogens is 316 g/mol. The van der Waals surface area contributed by atoms with Crippen LogP contribution in [0.1, 0.15) is 30.1 Å². The van der Waals surface area contributed by atoms with Crippen LogP contribution in [0.4, 0.5) is 0 Å². The van der Waals surface area contributed by atoms with E-state index in [0.29, 0.717) is 23.8 Å². The van der Waals surface area contributed by atoms with Gasteiger partial charge in [-0.15, -0.1) is 0 Å². The number of carbonyl (C=O) groups is 1. The summed E-state index contributed by atoms with van der Waals surface area (Å²) in [6.07, 6.45) is 3.72. The molecule has 1 aliphatic rings. The smallest absolute Gasteiger partial charge is 0.254 e. The van der Waals surface area contributed by atoms with Crippen LogP contribution in [0.3, 0.4) is 0 Å². The molecule has 5 nitrogen and oxygen atoms in total. The van der Waals surface area contributed by atoms with E-state index < -0.39 is 0 Å². The van der Waals surface area contributed by atoms with Crippen LogP contribution in [0.25, 0.3) is 11.3 Å². The number of benzene rings is 1. The molecule has 1 amide bonds. The van der Waals surface area contributed by atoms with Gasteiger partial charge in [-0.25, -0.2) is 0 Å². The lowest BCUT2D eigenvalue weighted by atomic mass is 9.90. The summed E-state index contributed by atoms with van der Waals surface area (Å²) < 4.78 is 5.43. The third-order valence-corrected chi connectivity index (χ3v) is 4.95. The fourth-order valence-corrected chi connectivity index (χ4v) is 3.51. The minimum absolute atomic E-state index is 0.00381. The van der Waals surface area contributed by atoms with Crippen molar-refractivity contribution in [3.63, 3.8) is 0 Å². The fraction of sp³-hybridized carbons (Fsp3) is 0.400. The van der Waals surface area contributed by atoms with Gasteiger partial charge in [-0.05, 0) is 49.1 Å². The highest BCUT2D eigenvalue weighted by molar-refractivity contribution is 5.96. The summed E-state index contributed by atoms with van der Waals surface area (Å²) in [6, 6.07) is 10.9. The van der Waals surface area contributed by atoms with Crippen molar-refractivity contribution in [1.82, 2.24) is 9.88 Å². The molecule has 1 aromatic carbocycles. The molecule has 2 heterocycles. The van der Waals surface area contributed by atoms with Crippen molar-refractivity contribution < 1.29 is 14.6 Å². The van der Waals surface area contributed by atoms with Crippen molar-refractivity contribution in [2.45, 2.75) is 25.8 Å². The number of hydrogen-bond acceptors (Lipinski definition) is 4. The number of aliphatic hydroxyl groups excluding tert-OH is 1. The largest absolute Gasteiger partial charge is 0.496 e. The maximum Gasteiger partial charge on any atom is 0.254 e. The second-order valence-electron chi connectivity index (χ2n) is 6.50. The molecule has 0 spiro atoms. The first-order chi connectivity index (χ1) is 12.2. The first-order valence-electron chi connectivity index (χ1n) is 8.67. The Balaban J connectivity index is 1.96. The van der Waals surface area contributed by atoms with E-state index in [-0.39, 0.29) is 18.6 Å². The molecule has 0 saturated carbocycles. The number of carbonyl (C=O) groups excluding carboxylic acids is 1. The summed E-state index contributed by atoms with van der Waals surface area (Å²) in [7, 11) is 1.61. The average Bonchev–Trinajstić information content (AvgIpc) is 2.67. The van der Waals surface area contributed by atoms with Gasteiger partial charge in [0, 0.05) is 23.9 Å². The molecule has 1 saturated heterocycles. The van der Waals surface area contributed by atoms with Gasteiger partial charge in [0.2, 0.25) is 0 Å². The van der Waals surface area contributed by atoms with Gasteiger partial charge in [0.25, 0.3) is 5.91 Å². The van der Waals surface area contributed by atoms with Gasteiger partial charge >= 0.3 is 0 Å².